The van der Waals surface area contributed by atoms with E-state index in [-0.39, 0.29) is 18.1 Å². The van der Waals surface area contributed by atoms with Crippen molar-refractivity contribution < 1.29 is 9.53 Å². The van der Waals surface area contributed by atoms with Gasteiger partial charge in [-0.25, -0.2) is 4.98 Å². The van der Waals surface area contributed by atoms with Gasteiger partial charge in [0.1, 0.15) is 10.5 Å². The second-order valence-electron chi connectivity index (χ2n) is 4.03. The lowest BCUT2D eigenvalue weighted by Crippen LogP contribution is -2.31. The minimum absolute atomic E-state index is 0.135. The Kier molecular flexibility index (Phi) is 4.28. The van der Waals surface area contributed by atoms with E-state index in [9.17, 15) is 9.59 Å². The molecule has 0 fully saturated rings. The summed E-state index contributed by atoms with van der Waals surface area (Å²) in [7, 11) is 1.35. The van der Waals surface area contributed by atoms with E-state index >= 15 is 0 Å². The number of likely N-dealkylation sites (N-methyl/N-ethyl adjacent to an activating group) is 1. The number of carbonyl (C=O) groups excluding carboxylic acids is 1. The van der Waals surface area contributed by atoms with Crippen molar-refractivity contribution in [1.82, 2.24) is 14.9 Å². The number of aromatic nitrogens is 2. The molecule has 0 radical (unpaired) electrons. The molecule has 0 saturated heterocycles. The van der Waals surface area contributed by atoms with Crippen LogP contribution in [0.1, 0.15) is 12.7 Å². The number of nitrogens with zero attached hydrogens (tertiary/aromatic N) is 2. The first kappa shape index (κ1) is 13.7. The summed E-state index contributed by atoms with van der Waals surface area (Å²) < 4.78 is 5.26. The monoisotopic (exact) mass is 281 g/mol. The Morgan fingerprint density at radius 2 is 2.37 bits per heavy atom. The van der Waals surface area contributed by atoms with E-state index in [0.717, 1.165) is 0 Å². The highest BCUT2D eigenvalue weighted by Gasteiger charge is 2.12. The molecule has 19 heavy (non-hydrogen) atoms. The lowest BCUT2D eigenvalue weighted by atomic mass is 10.4. The molecule has 1 N–H and O–H groups in total. The van der Waals surface area contributed by atoms with E-state index in [1.807, 2.05) is 23.3 Å². The number of fused-ring (bicyclic) bond motifs is 1. The molecule has 0 aliphatic rings. The zero-order chi connectivity index (χ0) is 13.8. The fraction of sp³-hybridized carbons (Fsp3) is 0.417. The molecule has 2 aromatic rings. The van der Waals surface area contributed by atoms with Gasteiger partial charge in [0.2, 0.25) is 0 Å². The maximum Gasteiger partial charge on any atom is 0.319 e. The smallest absolute Gasteiger partial charge is 0.319 e. The Hall–Kier alpha value is -1.73. The Morgan fingerprint density at radius 3 is 3.05 bits per heavy atom. The van der Waals surface area contributed by atoms with Gasteiger partial charge in [-0.2, -0.15) is 0 Å². The number of hydrogen-bond acceptors (Lipinski definition) is 6. The minimum atomic E-state index is -0.305. The summed E-state index contributed by atoms with van der Waals surface area (Å²) in [6.07, 6.45) is 0. The second-order valence-corrected chi connectivity index (χ2v) is 4.94. The van der Waals surface area contributed by atoms with Gasteiger partial charge in [0.05, 0.1) is 25.7 Å². The van der Waals surface area contributed by atoms with Crippen LogP contribution in [0.3, 0.4) is 0 Å². The molecule has 0 aliphatic carbocycles. The summed E-state index contributed by atoms with van der Waals surface area (Å²) in [5, 5.41) is 1.84. The van der Waals surface area contributed by atoms with Crippen molar-refractivity contribution in [1.29, 1.82) is 0 Å². The molecular formula is C12H15N3O3S. The molecule has 102 valence electrons. The predicted octanol–water partition coefficient (Wildman–Crippen LogP) is 0.979. The van der Waals surface area contributed by atoms with E-state index in [1.54, 1.807) is 0 Å². The number of methoxy groups -OCH3 is 1. The van der Waals surface area contributed by atoms with Gasteiger partial charge in [-0.05, 0) is 18.0 Å². The van der Waals surface area contributed by atoms with E-state index in [1.165, 1.54) is 18.4 Å². The number of hydrogen-bond donors (Lipinski definition) is 1. The van der Waals surface area contributed by atoms with Crippen LogP contribution in [0.5, 0.6) is 0 Å². The predicted molar refractivity (Wildman–Crippen MR) is 73.2 cm³/mol. The molecule has 7 heteroatoms. The van der Waals surface area contributed by atoms with Crippen LogP contribution in [-0.2, 0) is 16.1 Å². The second kappa shape index (κ2) is 5.94. The highest BCUT2D eigenvalue weighted by Crippen LogP contribution is 2.14. The normalized spacial score (nSPS) is 11.1. The quantitative estimate of drug-likeness (QED) is 0.827. The van der Waals surface area contributed by atoms with Crippen LogP contribution in [0.15, 0.2) is 16.2 Å². The summed E-state index contributed by atoms with van der Waals surface area (Å²) in [4.78, 5) is 32.0. The SMILES string of the molecule is CCN(CC(=O)OC)Cc1nc2ccsc2c(=O)[nH]1. The lowest BCUT2D eigenvalue weighted by molar-refractivity contribution is -0.142. The number of esters is 1. The molecule has 0 aromatic carbocycles. The summed E-state index contributed by atoms with van der Waals surface area (Å²) >= 11 is 1.37. The van der Waals surface area contributed by atoms with E-state index in [0.29, 0.717) is 29.1 Å². The van der Waals surface area contributed by atoms with Crippen LogP contribution in [0.25, 0.3) is 10.2 Å². The van der Waals surface area contributed by atoms with Crippen LogP contribution < -0.4 is 5.56 Å². The highest BCUT2D eigenvalue weighted by molar-refractivity contribution is 7.17. The van der Waals surface area contributed by atoms with Gasteiger partial charge in [-0.15, -0.1) is 11.3 Å². The third kappa shape index (κ3) is 3.18. The molecule has 6 nitrogen and oxygen atoms in total. The molecular weight excluding hydrogens is 266 g/mol. The van der Waals surface area contributed by atoms with Crippen molar-refractivity contribution in [2.45, 2.75) is 13.5 Å². The summed E-state index contributed by atoms with van der Waals surface area (Å²) in [6.45, 7) is 3.19. The van der Waals surface area contributed by atoms with Crippen molar-refractivity contribution in [3.8, 4) is 0 Å². The number of aromatic amines is 1. The third-order valence-corrected chi connectivity index (χ3v) is 3.67. The molecule has 0 saturated carbocycles. The molecule has 0 spiro atoms. The Bertz CT molecular complexity index is 634. The third-order valence-electron chi connectivity index (χ3n) is 2.76. The molecule has 0 unspecified atom stereocenters. The molecule has 0 aliphatic heterocycles. The lowest BCUT2D eigenvalue weighted by Gasteiger charge is -2.17. The number of ether oxygens (including phenoxy) is 1. The zero-order valence-electron chi connectivity index (χ0n) is 10.8. The fourth-order valence-electron chi connectivity index (χ4n) is 1.73. The van der Waals surface area contributed by atoms with Gasteiger partial charge in [0, 0.05) is 0 Å². The van der Waals surface area contributed by atoms with Crippen molar-refractivity contribution in [2.24, 2.45) is 0 Å². The van der Waals surface area contributed by atoms with Crippen molar-refractivity contribution >= 4 is 27.5 Å². The Morgan fingerprint density at radius 1 is 1.58 bits per heavy atom. The van der Waals surface area contributed by atoms with Gasteiger partial charge in [0.25, 0.3) is 5.56 Å². The molecule has 2 rings (SSSR count). The molecule has 0 amide bonds. The highest BCUT2D eigenvalue weighted by atomic mass is 32.1. The van der Waals surface area contributed by atoms with E-state index in [2.05, 4.69) is 14.7 Å². The standard InChI is InChI=1S/C12H15N3O3S/c1-3-15(7-10(16)18-2)6-9-13-8-4-5-19-11(8)12(17)14-9/h4-5H,3,6-7H2,1-2H3,(H,13,14,17). The molecule has 0 bridgehead atoms. The molecule has 0 atom stereocenters. The Labute approximate surface area is 114 Å². The molecule has 2 heterocycles. The number of carbonyl (C=O) groups is 1. The minimum Gasteiger partial charge on any atom is -0.468 e. The summed E-state index contributed by atoms with van der Waals surface area (Å²) in [5.74, 6) is 0.252. The van der Waals surface area contributed by atoms with Crippen molar-refractivity contribution in [3.63, 3.8) is 0 Å². The largest absolute Gasteiger partial charge is 0.468 e. The first-order chi connectivity index (χ1) is 9.13. The van der Waals surface area contributed by atoms with Gasteiger partial charge in [-0.1, -0.05) is 6.92 Å². The average Bonchev–Trinajstić information content (AvgIpc) is 2.86. The van der Waals surface area contributed by atoms with Crippen molar-refractivity contribution in [3.05, 3.63) is 27.6 Å². The van der Waals surface area contributed by atoms with Crippen molar-refractivity contribution in [2.75, 3.05) is 20.2 Å². The first-order valence-electron chi connectivity index (χ1n) is 5.89. The number of H-pyrrole nitrogens is 1. The van der Waals surface area contributed by atoms with Gasteiger partial charge < -0.3 is 9.72 Å². The van der Waals surface area contributed by atoms with Crippen LogP contribution in [0.4, 0.5) is 0 Å². The van der Waals surface area contributed by atoms with Crippen LogP contribution in [0.2, 0.25) is 0 Å². The first-order valence-corrected chi connectivity index (χ1v) is 6.77. The number of nitrogens with one attached hydrogen (secondary N) is 1. The number of thiophene rings is 1. The Balaban J connectivity index is 2.19. The summed E-state index contributed by atoms with van der Waals surface area (Å²) in [6, 6.07) is 1.81. The van der Waals surface area contributed by atoms with E-state index < -0.39 is 0 Å². The fourth-order valence-corrected chi connectivity index (χ4v) is 2.46. The van der Waals surface area contributed by atoms with Crippen LogP contribution in [-0.4, -0.2) is 41.0 Å². The van der Waals surface area contributed by atoms with E-state index in [4.69, 9.17) is 0 Å². The number of rotatable bonds is 5. The zero-order valence-corrected chi connectivity index (χ0v) is 11.6. The van der Waals surface area contributed by atoms with Crippen LogP contribution >= 0.6 is 11.3 Å². The van der Waals surface area contributed by atoms with Gasteiger partial charge in [0.15, 0.2) is 0 Å². The van der Waals surface area contributed by atoms with Crippen LogP contribution in [0, 0.1) is 0 Å². The maximum atomic E-state index is 11.8. The molecule has 2 aromatic heterocycles. The maximum absolute atomic E-state index is 11.8. The topological polar surface area (TPSA) is 75.3 Å². The van der Waals surface area contributed by atoms with Gasteiger partial charge >= 0.3 is 5.97 Å². The van der Waals surface area contributed by atoms with Gasteiger partial charge in [-0.3, -0.25) is 14.5 Å². The average molecular weight is 281 g/mol. The summed E-state index contributed by atoms with van der Waals surface area (Å²) in [5.41, 5.74) is 0.557.